The Morgan fingerprint density at radius 1 is 0.344 bits per heavy atom. The van der Waals surface area contributed by atoms with Gasteiger partial charge in [-0.2, -0.15) is 0 Å². The zero-order valence-electron chi connectivity index (χ0n) is 34.9. The van der Waals surface area contributed by atoms with Gasteiger partial charge < -0.3 is 9.47 Å². The highest BCUT2D eigenvalue weighted by Crippen LogP contribution is 2.57. The minimum Gasteiger partial charge on any atom is -0.310 e. The van der Waals surface area contributed by atoms with E-state index in [1.165, 1.54) is 92.2 Å². The van der Waals surface area contributed by atoms with Gasteiger partial charge in [0.1, 0.15) is 0 Å². The van der Waals surface area contributed by atoms with E-state index >= 15 is 0 Å². The van der Waals surface area contributed by atoms with E-state index in [-0.39, 0.29) is 0 Å². The molecular formula is C61H40N2S. The van der Waals surface area contributed by atoms with Crippen LogP contribution in [0.4, 0.5) is 17.1 Å². The molecule has 13 rings (SSSR count). The van der Waals surface area contributed by atoms with Gasteiger partial charge >= 0.3 is 0 Å². The lowest BCUT2D eigenvalue weighted by Crippen LogP contribution is -2.28. The maximum atomic E-state index is 2.47. The Labute approximate surface area is 376 Å². The number of hydrogen-bond donors (Lipinski definition) is 0. The van der Waals surface area contributed by atoms with Gasteiger partial charge in [0.15, 0.2) is 0 Å². The molecule has 0 saturated heterocycles. The average Bonchev–Trinajstić information content (AvgIpc) is 4.01. The maximum Gasteiger partial charge on any atom is 0.0714 e. The normalized spacial score (nSPS) is 12.8. The molecule has 0 aliphatic heterocycles. The summed E-state index contributed by atoms with van der Waals surface area (Å²) in [7, 11) is 0. The second-order valence-corrected chi connectivity index (χ2v) is 17.9. The standard InChI is InChI=1S/C61H40N2S/c1-4-16-41(17-5-1)42-28-30-45(31-29-42)62(47-32-35-50-49-22-10-13-25-55(49)61(56(50)39-47,43-18-6-2-7-19-43)44-20-8-3-9-21-44)46-34-37-59-54(38-46)53-36-33-48(40-60(53)64-59)63-57-26-14-11-23-51(57)52-24-12-15-27-58(52)63/h1-40H. The lowest BCUT2D eigenvalue weighted by atomic mass is 9.67. The molecule has 0 unspecified atom stereocenters. The lowest BCUT2D eigenvalue weighted by molar-refractivity contribution is 0.768. The van der Waals surface area contributed by atoms with Crippen molar-refractivity contribution in [1.82, 2.24) is 4.57 Å². The summed E-state index contributed by atoms with van der Waals surface area (Å²) in [5.41, 5.74) is 16.5. The number of fused-ring (bicyclic) bond motifs is 9. The molecule has 0 N–H and O–H groups in total. The zero-order valence-corrected chi connectivity index (χ0v) is 35.7. The molecule has 2 nitrogen and oxygen atoms in total. The molecule has 0 bridgehead atoms. The van der Waals surface area contributed by atoms with Crippen LogP contribution in [0.25, 0.3) is 69.9 Å². The Balaban J connectivity index is 1.01. The van der Waals surface area contributed by atoms with Crippen LogP contribution in [-0.2, 0) is 5.41 Å². The summed E-state index contributed by atoms with van der Waals surface area (Å²) in [5, 5.41) is 5.07. The molecule has 0 fully saturated rings. The molecule has 300 valence electrons. The minimum atomic E-state index is -0.505. The summed E-state index contributed by atoms with van der Waals surface area (Å²) < 4.78 is 4.96. The topological polar surface area (TPSA) is 8.17 Å². The molecule has 0 radical (unpaired) electrons. The van der Waals surface area contributed by atoms with E-state index in [0.717, 1.165) is 17.1 Å². The zero-order chi connectivity index (χ0) is 42.2. The molecular weight excluding hydrogens is 793 g/mol. The first-order valence-electron chi connectivity index (χ1n) is 22.0. The van der Waals surface area contributed by atoms with Crippen LogP contribution in [0.5, 0.6) is 0 Å². The van der Waals surface area contributed by atoms with Crippen molar-refractivity contribution in [2.45, 2.75) is 5.41 Å². The van der Waals surface area contributed by atoms with E-state index in [1.807, 2.05) is 11.3 Å². The van der Waals surface area contributed by atoms with Gasteiger partial charge in [-0.3, -0.25) is 0 Å². The summed E-state index contributed by atoms with van der Waals surface area (Å²) in [6, 6.07) is 89.5. The van der Waals surface area contributed by atoms with Crippen LogP contribution in [0.1, 0.15) is 22.3 Å². The Morgan fingerprint density at radius 3 is 1.59 bits per heavy atom. The molecule has 2 heterocycles. The summed E-state index contributed by atoms with van der Waals surface area (Å²) in [4.78, 5) is 2.45. The SMILES string of the molecule is c1ccc(-c2ccc(N(c3ccc4c(c3)C(c3ccccc3)(c3ccccc3)c3ccccc3-4)c3ccc4sc5cc(-n6c7ccccc7c7ccccc76)ccc5c4c3)cc2)cc1. The van der Waals surface area contributed by atoms with E-state index < -0.39 is 5.41 Å². The molecule has 12 aromatic rings. The van der Waals surface area contributed by atoms with Crippen LogP contribution in [0.3, 0.4) is 0 Å². The molecule has 2 aromatic heterocycles. The van der Waals surface area contributed by atoms with Gasteiger partial charge in [-0.05, 0) is 111 Å². The van der Waals surface area contributed by atoms with Crippen molar-refractivity contribution in [1.29, 1.82) is 0 Å². The highest BCUT2D eigenvalue weighted by atomic mass is 32.1. The van der Waals surface area contributed by atoms with Crippen LogP contribution >= 0.6 is 11.3 Å². The van der Waals surface area contributed by atoms with Crippen LogP contribution in [0.2, 0.25) is 0 Å². The third kappa shape index (κ3) is 5.51. The summed E-state index contributed by atoms with van der Waals surface area (Å²) in [5.74, 6) is 0. The number of rotatable bonds is 7. The maximum absolute atomic E-state index is 2.47. The number of benzene rings is 10. The van der Waals surface area contributed by atoms with Crippen molar-refractivity contribution in [2.75, 3.05) is 4.90 Å². The first kappa shape index (κ1) is 36.7. The molecule has 10 aromatic carbocycles. The average molecular weight is 833 g/mol. The van der Waals surface area contributed by atoms with Crippen molar-refractivity contribution in [3.05, 3.63) is 265 Å². The first-order valence-corrected chi connectivity index (χ1v) is 22.8. The van der Waals surface area contributed by atoms with Gasteiger partial charge in [-0.15, -0.1) is 11.3 Å². The van der Waals surface area contributed by atoms with Crippen LogP contribution in [0.15, 0.2) is 243 Å². The van der Waals surface area contributed by atoms with Gasteiger partial charge in [0.05, 0.1) is 16.4 Å². The van der Waals surface area contributed by atoms with Crippen molar-refractivity contribution < 1.29 is 0 Å². The molecule has 0 spiro atoms. The van der Waals surface area contributed by atoms with Crippen LogP contribution in [-0.4, -0.2) is 4.57 Å². The molecule has 1 aliphatic carbocycles. The third-order valence-electron chi connectivity index (χ3n) is 13.5. The van der Waals surface area contributed by atoms with Gasteiger partial charge in [0.2, 0.25) is 0 Å². The minimum absolute atomic E-state index is 0.505. The molecule has 1 aliphatic rings. The van der Waals surface area contributed by atoms with Gasteiger partial charge in [-0.1, -0.05) is 176 Å². The lowest BCUT2D eigenvalue weighted by Gasteiger charge is -2.35. The molecule has 0 saturated carbocycles. The van der Waals surface area contributed by atoms with Crippen molar-refractivity contribution >= 4 is 70.4 Å². The monoisotopic (exact) mass is 832 g/mol. The number of nitrogens with zero attached hydrogens (tertiary/aromatic N) is 2. The second-order valence-electron chi connectivity index (χ2n) is 16.8. The van der Waals surface area contributed by atoms with Crippen molar-refractivity contribution in [3.8, 4) is 27.9 Å². The fourth-order valence-corrected chi connectivity index (χ4v) is 11.8. The number of para-hydroxylation sites is 2. The van der Waals surface area contributed by atoms with Crippen LogP contribution < -0.4 is 4.90 Å². The Kier molecular flexibility index (Phi) is 8.34. The van der Waals surface area contributed by atoms with Gasteiger partial charge in [0, 0.05) is 53.7 Å². The van der Waals surface area contributed by atoms with E-state index in [0.29, 0.717) is 0 Å². The van der Waals surface area contributed by atoms with Crippen molar-refractivity contribution in [3.63, 3.8) is 0 Å². The predicted molar refractivity (Wildman–Crippen MR) is 271 cm³/mol. The van der Waals surface area contributed by atoms with Gasteiger partial charge in [0.25, 0.3) is 0 Å². The van der Waals surface area contributed by atoms with E-state index in [9.17, 15) is 0 Å². The Bertz CT molecular complexity index is 3620. The predicted octanol–water partition coefficient (Wildman–Crippen LogP) is 16.7. The van der Waals surface area contributed by atoms with Gasteiger partial charge in [-0.25, -0.2) is 0 Å². The Hall–Kier alpha value is -7.98. The second kappa shape index (κ2) is 14.6. The summed E-state index contributed by atoms with van der Waals surface area (Å²) in [6.45, 7) is 0. The summed E-state index contributed by atoms with van der Waals surface area (Å²) >= 11 is 1.87. The highest BCUT2D eigenvalue weighted by Gasteiger charge is 2.46. The Morgan fingerprint density at radius 2 is 0.891 bits per heavy atom. The van der Waals surface area contributed by atoms with Crippen LogP contribution in [0, 0.1) is 0 Å². The highest BCUT2D eigenvalue weighted by molar-refractivity contribution is 7.25. The van der Waals surface area contributed by atoms with E-state index in [2.05, 4.69) is 252 Å². The summed E-state index contributed by atoms with van der Waals surface area (Å²) in [6.07, 6.45) is 0. The third-order valence-corrected chi connectivity index (χ3v) is 14.6. The van der Waals surface area contributed by atoms with E-state index in [4.69, 9.17) is 0 Å². The molecule has 64 heavy (non-hydrogen) atoms. The number of anilines is 3. The molecule has 0 amide bonds. The molecule has 3 heteroatoms. The first-order chi connectivity index (χ1) is 31.7. The fraction of sp³-hybridized carbons (Fsp3) is 0.0164. The number of hydrogen-bond acceptors (Lipinski definition) is 2. The largest absolute Gasteiger partial charge is 0.310 e. The number of aromatic nitrogens is 1. The quantitative estimate of drug-likeness (QED) is 0.155. The van der Waals surface area contributed by atoms with E-state index in [1.54, 1.807) is 0 Å². The fourth-order valence-electron chi connectivity index (χ4n) is 10.7. The molecule has 0 atom stereocenters. The number of thiophene rings is 1. The van der Waals surface area contributed by atoms with Crippen molar-refractivity contribution in [2.24, 2.45) is 0 Å². The smallest absolute Gasteiger partial charge is 0.0714 e.